The minimum Gasteiger partial charge on any atom is -0.314 e. The van der Waals surface area contributed by atoms with Crippen LogP contribution in [0.15, 0.2) is 17.7 Å². The van der Waals surface area contributed by atoms with Crippen molar-refractivity contribution in [3.63, 3.8) is 0 Å². The normalized spacial score (nSPS) is 14.0. The van der Waals surface area contributed by atoms with E-state index in [4.69, 9.17) is 0 Å². The molecule has 0 aliphatic rings. The van der Waals surface area contributed by atoms with Gasteiger partial charge in [-0.3, -0.25) is 0 Å². The molecule has 2 nitrogen and oxygen atoms in total. The van der Waals surface area contributed by atoms with Gasteiger partial charge in [0.25, 0.3) is 0 Å². The van der Waals surface area contributed by atoms with E-state index in [0.29, 0.717) is 6.04 Å². The molecule has 0 aromatic carbocycles. The van der Waals surface area contributed by atoms with Crippen molar-refractivity contribution >= 4 is 17.4 Å². The Kier molecular flexibility index (Phi) is 3.26. The minimum absolute atomic E-state index is 0.416. The zero-order chi connectivity index (χ0) is 8.10. The first-order chi connectivity index (χ1) is 5.33. The van der Waals surface area contributed by atoms with Gasteiger partial charge in [-0.2, -0.15) is 0 Å². The molecule has 1 aromatic heterocycles. The standard InChI is InChI=1S/C8H12N2S/c1-7(9-2)3-4-8-10-5-6-11-8/h3-7,9H,1-2H3/b4-3+. The van der Waals surface area contributed by atoms with E-state index >= 15 is 0 Å². The summed E-state index contributed by atoms with van der Waals surface area (Å²) in [6, 6.07) is 0.416. The van der Waals surface area contributed by atoms with Gasteiger partial charge in [-0.25, -0.2) is 4.98 Å². The first kappa shape index (κ1) is 8.43. The molecule has 1 aromatic rings. The summed E-state index contributed by atoms with van der Waals surface area (Å²) in [5.41, 5.74) is 0. The lowest BCUT2D eigenvalue weighted by molar-refractivity contribution is 0.731. The monoisotopic (exact) mass is 168 g/mol. The lowest BCUT2D eigenvalue weighted by atomic mass is 10.3. The second kappa shape index (κ2) is 4.26. The number of nitrogens with zero attached hydrogens (tertiary/aromatic N) is 1. The fourth-order valence-electron chi connectivity index (χ4n) is 0.640. The highest BCUT2D eigenvalue weighted by molar-refractivity contribution is 7.10. The van der Waals surface area contributed by atoms with E-state index in [1.54, 1.807) is 11.3 Å². The molecule has 0 fully saturated rings. The van der Waals surface area contributed by atoms with Crippen molar-refractivity contribution < 1.29 is 0 Å². The number of thiazole rings is 1. The van der Waals surface area contributed by atoms with Crippen LogP contribution in [0.1, 0.15) is 11.9 Å². The van der Waals surface area contributed by atoms with E-state index < -0.39 is 0 Å². The lowest BCUT2D eigenvalue weighted by Gasteiger charge is -2.00. The molecule has 0 saturated carbocycles. The van der Waals surface area contributed by atoms with E-state index in [0.717, 1.165) is 5.01 Å². The Morgan fingerprint density at radius 1 is 1.73 bits per heavy atom. The summed E-state index contributed by atoms with van der Waals surface area (Å²) >= 11 is 1.65. The third-order valence-corrected chi connectivity index (χ3v) is 2.18. The summed E-state index contributed by atoms with van der Waals surface area (Å²) < 4.78 is 0. The number of rotatable bonds is 3. The summed E-state index contributed by atoms with van der Waals surface area (Å²) in [7, 11) is 1.94. The summed E-state index contributed by atoms with van der Waals surface area (Å²) in [6.45, 7) is 2.10. The average molecular weight is 168 g/mol. The Hall–Kier alpha value is -0.670. The SMILES string of the molecule is CNC(C)/C=C/c1nccs1. The molecule has 3 heteroatoms. The van der Waals surface area contributed by atoms with Crippen molar-refractivity contribution in [1.29, 1.82) is 0 Å². The maximum absolute atomic E-state index is 4.13. The molecule has 0 bridgehead atoms. The van der Waals surface area contributed by atoms with Crippen molar-refractivity contribution in [2.45, 2.75) is 13.0 Å². The molecular weight excluding hydrogens is 156 g/mol. The highest BCUT2D eigenvalue weighted by Crippen LogP contribution is 2.05. The van der Waals surface area contributed by atoms with Gasteiger partial charge in [-0.15, -0.1) is 11.3 Å². The van der Waals surface area contributed by atoms with Crippen LogP contribution in [0.4, 0.5) is 0 Å². The van der Waals surface area contributed by atoms with Crippen LogP contribution in [0.25, 0.3) is 6.08 Å². The molecule has 1 rings (SSSR count). The number of hydrogen-bond acceptors (Lipinski definition) is 3. The molecule has 0 radical (unpaired) electrons. The smallest absolute Gasteiger partial charge is 0.115 e. The highest BCUT2D eigenvalue weighted by Gasteiger charge is 1.90. The summed E-state index contributed by atoms with van der Waals surface area (Å²) in [4.78, 5) is 4.13. The topological polar surface area (TPSA) is 24.9 Å². The molecule has 11 heavy (non-hydrogen) atoms. The van der Waals surface area contributed by atoms with Crippen molar-refractivity contribution in [3.05, 3.63) is 22.7 Å². The first-order valence-electron chi connectivity index (χ1n) is 3.58. The van der Waals surface area contributed by atoms with E-state index in [1.165, 1.54) is 0 Å². The maximum Gasteiger partial charge on any atom is 0.115 e. The van der Waals surface area contributed by atoms with Crippen LogP contribution in [-0.2, 0) is 0 Å². The zero-order valence-corrected chi connectivity index (χ0v) is 7.56. The number of aromatic nitrogens is 1. The molecule has 1 N–H and O–H groups in total. The van der Waals surface area contributed by atoms with Crippen LogP contribution in [0, 0.1) is 0 Å². The molecule has 0 amide bonds. The predicted octanol–water partition coefficient (Wildman–Crippen LogP) is 1.76. The molecule has 0 spiro atoms. The average Bonchev–Trinajstić information content (AvgIpc) is 2.52. The fraction of sp³-hybridized carbons (Fsp3) is 0.375. The van der Waals surface area contributed by atoms with E-state index in [1.807, 2.05) is 24.7 Å². The van der Waals surface area contributed by atoms with Crippen molar-refractivity contribution in [2.24, 2.45) is 0 Å². The van der Waals surface area contributed by atoms with Gasteiger partial charge in [0.1, 0.15) is 5.01 Å². The minimum atomic E-state index is 0.416. The molecule has 1 heterocycles. The zero-order valence-electron chi connectivity index (χ0n) is 6.74. The van der Waals surface area contributed by atoms with Crippen LogP contribution < -0.4 is 5.32 Å². The van der Waals surface area contributed by atoms with Gasteiger partial charge >= 0.3 is 0 Å². The van der Waals surface area contributed by atoms with E-state index in [-0.39, 0.29) is 0 Å². The molecule has 60 valence electrons. The van der Waals surface area contributed by atoms with Crippen LogP contribution in [0.3, 0.4) is 0 Å². The van der Waals surface area contributed by atoms with Gasteiger partial charge in [-0.1, -0.05) is 6.08 Å². The van der Waals surface area contributed by atoms with Crippen LogP contribution in [0.2, 0.25) is 0 Å². The Balaban J connectivity index is 2.48. The lowest BCUT2D eigenvalue weighted by Crippen LogP contribution is -2.17. The molecule has 0 aliphatic heterocycles. The van der Waals surface area contributed by atoms with Gasteiger partial charge < -0.3 is 5.32 Å². The third-order valence-electron chi connectivity index (χ3n) is 1.43. The van der Waals surface area contributed by atoms with E-state index in [9.17, 15) is 0 Å². The maximum atomic E-state index is 4.13. The fourth-order valence-corrected chi connectivity index (χ4v) is 1.18. The Morgan fingerprint density at radius 3 is 3.09 bits per heavy atom. The van der Waals surface area contributed by atoms with Crippen molar-refractivity contribution in [3.8, 4) is 0 Å². The molecular formula is C8H12N2S. The number of nitrogens with one attached hydrogen (secondary N) is 1. The summed E-state index contributed by atoms with van der Waals surface area (Å²) in [5, 5.41) is 6.16. The molecule has 1 atom stereocenters. The van der Waals surface area contributed by atoms with Crippen LogP contribution in [-0.4, -0.2) is 18.1 Å². The van der Waals surface area contributed by atoms with Gasteiger partial charge in [0.2, 0.25) is 0 Å². The Bertz CT molecular complexity index is 216. The van der Waals surface area contributed by atoms with Crippen molar-refractivity contribution in [2.75, 3.05) is 7.05 Å². The second-order valence-corrected chi connectivity index (χ2v) is 3.23. The van der Waals surface area contributed by atoms with Gasteiger partial charge in [0, 0.05) is 17.6 Å². The molecule has 1 unspecified atom stereocenters. The van der Waals surface area contributed by atoms with Crippen LogP contribution in [0.5, 0.6) is 0 Å². The summed E-state index contributed by atoms with van der Waals surface area (Å²) in [6.07, 6.45) is 5.94. The number of hydrogen-bond donors (Lipinski definition) is 1. The first-order valence-corrected chi connectivity index (χ1v) is 4.46. The van der Waals surface area contributed by atoms with Gasteiger partial charge in [-0.05, 0) is 20.0 Å². The van der Waals surface area contributed by atoms with Gasteiger partial charge in [0.15, 0.2) is 0 Å². The quantitative estimate of drug-likeness (QED) is 0.744. The summed E-state index contributed by atoms with van der Waals surface area (Å²) in [5.74, 6) is 0. The number of likely N-dealkylation sites (N-methyl/N-ethyl adjacent to an activating group) is 1. The Labute approximate surface area is 71.0 Å². The van der Waals surface area contributed by atoms with Crippen LogP contribution >= 0.6 is 11.3 Å². The third kappa shape index (κ3) is 2.82. The highest BCUT2D eigenvalue weighted by atomic mass is 32.1. The van der Waals surface area contributed by atoms with E-state index in [2.05, 4.69) is 23.3 Å². The second-order valence-electron chi connectivity index (χ2n) is 2.31. The molecule has 0 saturated heterocycles. The predicted molar refractivity (Wildman–Crippen MR) is 49.7 cm³/mol. The van der Waals surface area contributed by atoms with Gasteiger partial charge in [0.05, 0.1) is 0 Å². The van der Waals surface area contributed by atoms with Crippen molar-refractivity contribution in [1.82, 2.24) is 10.3 Å². The Morgan fingerprint density at radius 2 is 2.55 bits per heavy atom. The molecule has 0 aliphatic carbocycles. The largest absolute Gasteiger partial charge is 0.314 e.